The quantitative estimate of drug-likeness (QED) is 0.293. The number of aliphatic hydroxyl groups is 1. The van der Waals surface area contributed by atoms with E-state index in [0.29, 0.717) is 18.8 Å². The third-order valence-corrected chi connectivity index (χ3v) is 6.72. The number of nitrogens with zero attached hydrogens (tertiary/aromatic N) is 1. The Kier molecular flexibility index (Phi) is 11.6. The zero-order chi connectivity index (χ0) is 26.7. The minimum Gasteiger partial charge on any atom is -0.457 e. The van der Waals surface area contributed by atoms with E-state index < -0.39 is 23.8 Å². The molecule has 1 aromatic rings. The topological polar surface area (TPSA) is 85.7 Å². The average Bonchev–Trinajstić information content (AvgIpc) is 2.82. The number of aryl methyl sites for hydroxylation is 1. The molecule has 0 radical (unpaired) electrons. The SMILES string of the molecule is CC(=O)O[C@H]1/C=C/[C@H](C)[C@@H](/C(C)=C/C=C/C(C)CCc2ccccn2)OC(=O)C[C@H](C)CC[C@@]1(C)O. The smallest absolute Gasteiger partial charge is 0.306 e. The van der Waals surface area contributed by atoms with E-state index in [0.717, 1.165) is 24.1 Å². The van der Waals surface area contributed by atoms with E-state index in [1.165, 1.54) is 6.92 Å². The lowest BCUT2D eigenvalue weighted by atomic mass is 9.87. The van der Waals surface area contributed by atoms with Crippen molar-refractivity contribution >= 4 is 11.9 Å². The number of carbonyl (C=O) groups is 2. The molecule has 2 heterocycles. The molecule has 1 N–H and O–H groups in total. The molecule has 0 spiro atoms. The summed E-state index contributed by atoms with van der Waals surface area (Å²) in [6.07, 6.45) is 13.5. The van der Waals surface area contributed by atoms with Crippen LogP contribution in [0.3, 0.4) is 0 Å². The van der Waals surface area contributed by atoms with E-state index in [2.05, 4.69) is 18.0 Å². The zero-order valence-electron chi connectivity index (χ0n) is 22.6. The molecule has 6 nitrogen and oxygen atoms in total. The standard InChI is InChI=1S/C30H43NO5/c1-21(13-15-26-12-7-8-19-31-26)10-9-11-23(3)29-24(4)14-16-27(35-25(5)32)30(6,34)18-17-22(2)20-28(33)36-29/h7-12,14,16,19,21-22,24,27,29,34H,13,15,17-18,20H2,1-6H3/b10-9+,16-14+,23-11+/t21?,22-,24+,27+,29-,30-/m1/s1. The van der Waals surface area contributed by atoms with Gasteiger partial charge >= 0.3 is 11.9 Å². The first-order valence-corrected chi connectivity index (χ1v) is 13.0. The number of pyridine rings is 1. The van der Waals surface area contributed by atoms with Gasteiger partial charge in [0.15, 0.2) is 0 Å². The van der Waals surface area contributed by atoms with Gasteiger partial charge in [-0.3, -0.25) is 14.6 Å². The van der Waals surface area contributed by atoms with Crippen molar-refractivity contribution in [1.82, 2.24) is 4.98 Å². The molecule has 0 fully saturated rings. The van der Waals surface area contributed by atoms with Crippen LogP contribution in [-0.2, 0) is 25.5 Å². The average molecular weight is 498 g/mol. The normalized spacial score (nSPS) is 30.1. The molecule has 0 saturated heterocycles. The van der Waals surface area contributed by atoms with Gasteiger partial charge in [-0.15, -0.1) is 0 Å². The van der Waals surface area contributed by atoms with Crippen LogP contribution in [0.2, 0.25) is 0 Å². The second kappa shape index (κ2) is 14.1. The van der Waals surface area contributed by atoms with Gasteiger partial charge in [0.2, 0.25) is 0 Å². The largest absolute Gasteiger partial charge is 0.457 e. The summed E-state index contributed by atoms with van der Waals surface area (Å²) in [7, 11) is 0. The summed E-state index contributed by atoms with van der Waals surface area (Å²) in [5.74, 6) is -0.460. The highest BCUT2D eigenvalue weighted by Crippen LogP contribution is 2.28. The van der Waals surface area contributed by atoms with Gasteiger partial charge in [0.25, 0.3) is 0 Å². The van der Waals surface area contributed by atoms with Crippen LogP contribution >= 0.6 is 0 Å². The first-order chi connectivity index (χ1) is 17.0. The van der Waals surface area contributed by atoms with E-state index in [9.17, 15) is 14.7 Å². The summed E-state index contributed by atoms with van der Waals surface area (Å²) in [5, 5.41) is 11.0. The van der Waals surface area contributed by atoms with Crippen molar-refractivity contribution in [2.24, 2.45) is 17.8 Å². The number of aromatic nitrogens is 1. The highest BCUT2D eigenvalue weighted by atomic mass is 16.6. The lowest BCUT2D eigenvalue weighted by molar-refractivity contribution is -0.156. The van der Waals surface area contributed by atoms with Gasteiger partial charge in [-0.05, 0) is 75.1 Å². The molecule has 198 valence electrons. The monoisotopic (exact) mass is 497 g/mol. The molecule has 6 heteroatoms. The van der Waals surface area contributed by atoms with Gasteiger partial charge in [-0.25, -0.2) is 0 Å². The maximum atomic E-state index is 12.7. The summed E-state index contributed by atoms with van der Waals surface area (Å²) in [6.45, 7) is 11.1. The lowest BCUT2D eigenvalue weighted by Crippen LogP contribution is -2.41. The zero-order valence-corrected chi connectivity index (χ0v) is 22.6. The fourth-order valence-corrected chi connectivity index (χ4v) is 4.31. The molecule has 0 saturated carbocycles. The molecule has 1 aromatic heterocycles. The van der Waals surface area contributed by atoms with Crippen LogP contribution in [0.15, 0.2) is 60.3 Å². The van der Waals surface area contributed by atoms with Crippen LogP contribution < -0.4 is 0 Å². The Morgan fingerprint density at radius 2 is 2.06 bits per heavy atom. The third-order valence-electron chi connectivity index (χ3n) is 6.72. The molecule has 36 heavy (non-hydrogen) atoms. The van der Waals surface area contributed by atoms with E-state index >= 15 is 0 Å². The maximum Gasteiger partial charge on any atom is 0.306 e. The number of hydrogen-bond acceptors (Lipinski definition) is 6. The number of carbonyl (C=O) groups excluding carboxylic acids is 2. The molecular formula is C30H43NO5. The number of rotatable bonds is 7. The van der Waals surface area contributed by atoms with Crippen molar-refractivity contribution in [3.8, 4) is 0 Å². The van der Waals surface area contributed by atoms with Crippen molar-refractivity contribution < 1.29 is 24.2 Å². The van der Waals surface area contributed by atoms with E-state index in [-0.39, 0.29) is 24.2 Å². The predicted molar refractivity (Wildman–Crippen MR) is 142 cm³/mol. The lowest BCUT2D eigenvalue weighted by Gasteiger charge is -2.32. The Labute approximate surface area is 216 Å². The molecule has 1 aliphatic heterocycles. The molecular weight excluding hydrogens is 454 g/mol. The molecule has 1 aliphatic rings. The summed E-state index contributed by atoms with van der Waals surface area (Å²) in [4.78, 5) is 28.8. The number of ether oxygens (including phenoxy) is 2. The summed E-state index contributed by atoms with van der Waals surface area (Å²) < 4.78 is 11.4. The number of esters is 2. The minimum atomic E-state index is -1.23. The fourth-order valence-electron chi connectivity index (χ4n) is 4.31. The van der Waals surface area contributed by atoms with Crippen molar-refractivity contribution in [2.75, 3.05) is 0 Å². The van der Waals surface area contributed by atoms with Gasteiger partial charge in [-0.1, -0.05) is 51.1 Å². The number of cyclic esters (lactones) is 1. The summed E-state index contributed by atoms with van der Waals surface area (Å²) in [5.41, 5.74) is 0.785. The Hall–Kier alpha value is -2.73. The van der Waals surface area contributed by atoms with Crippen LogP contribution in [0.4, 0.5) is 0 Å². The second-order valence-electron chi connectivity index (χ2n) is 10.5. The first kappa shape index (κ1) is 29.5. The van der Waals surface area contributed by atoms with E-state index in [1.54, 1.807) is 13.0 Å². The van der Waals surface area contributed by atoms with Crippen LogP contribution in [0.1, 0.15) is 72.9 Å². The van der Waals surface area contributed by atoms with Gasteiger partial charge in [0.1, 0.15) is 17.8 Å². The van der Waals surface area contributed by atoms with Crippen LogP contribution in [0.25, 0.3) is 0 Å². The third kappa shape index (κ3) is 10.1. The van der Waals surface area contributed by atoms with Gasteiger partial charge in [0.05, 0.1) is 0 Å². The molecule has 1 unspecified atom stereocenters. The van der Waals surface area contributed by atoms with Crippen LogP contribution in [-0.4, -0.2) is 39.8 Å². The Morgan fingerprint density at radius 1 is 1.31 bits per heavy atom. The van der Waals surface area contributed by atoms with Crippen molar-refractivity contribution in [3.05, 3.63) is 66.0 Å². The first-order valence-electron chi connectivity index (χ1n) is 13.0. The van der Waals surface area contributed by atoms with E-state index in [4.69, 9.17) is 9.47 Å². The van der Waals surface area contributed by atoms with Crippen molar-refractivity contribution in [2.45, 2.75) is 91.5 Å². The maximum absolute atomic E-state index is 12.7. The number of allylic oxidation sites excluding steroid dienone is 3. The Bertz CT molecular complexity index is 934. The minimum absolute atomic E-state index is 0.0328. The number of hydrogen-bond donors (Lipinski definition) is 1. The van der Waals surface area contributed by atoms with Crippen molar-refractivity contribution in [3.63, 3.8) is 0 Å². The van der Waals surface area contributed by atoms with E-state index in [1.807, 2.05) is 63.4 Å². The fraction of sp³-hybridized carbons (Fsp3) is 0.567. The highest BCUT2D eigenvalue weighted by molar-refractivity contribution is 5.70. The molecule has 0 amide bonds. The van der Waals surface area contributed by atoms with Crippen LogP contribution in [0, 0.1) is 17.8 Å². The Balaban J connectivity index is 2.17. The predicted octanol–water partition coefficient (Wildman–Crippen LogP) is 5.76. The van der Waals surface area contributed by atoms with Gasteiger partial charge in [0, 0.05) is 31.2 Å². The molecule has 2 rings (SSSR count). The molecule has 0 bridgehead atoms. The van der Waals surface area contributed by atoms with Crippen molar-refractivity contribution in [1.29, 1.82) is 0 Å². The van der Waals surface area contributed by atoms with Crippen LogP contribution in [0.5, 0.6) is 0 Å². The van der Waals surface area contributed by atoms with Gasteiger partial charge < -0.3 is 14.6 Å². The summed E-state index contributed by atoms with van der Waals surface area (Å²) >= 11 is 0. The summed E-state index contributed by atoms with van der Waals surface area (Å²) in [6, 6.07) is 5.97. The second-order valence-corrected chi connectivity index (χ2v) is 10.5. The van der Waals surface area contributed by atoms with Gasteiger partial charge in [-0.2, -0.15) is 0 Å². The Morgan fingerprint density at radius 3 is 2.72 bits per heavy atom. The highest BCUT2D eigenvalue weighted by Gasteiger charge is 2.34. The molecule has 0 aromatic carbocycles. The molecule has 0 aliphatic carbocycles. The molecule has 6 atom stereocenters.